The first-order chi connectivity index (χ1) is 8.13. The molecule has 4 nitrogen and oxygen atoms in total. The van der Waals surface area contributed by atoms with Gasteiger partial charge in [0.2, 0.25) is 0 Å². The number of allylic oxidation sites excluding steroid dienone is 1. The Labute approximate surface area is 105 Å². The second kappa shape index (κ2) is 5.04. The molecule has 1 heterocycles. The van der Waals surface area contributed by atoms with Gasteiger partial charge < -0.3 is 4.57 Å². The molecular formula is C12H17N3OS. The lowest BCUT2D eigenvalue weighted by Crippen LogP contribution is -2.10. The van der Waals surface area contributed by atoms with Gasteiger partial charge in [-0.3, -0.25) is 4.79 Å². The highest BCUT2D eigenvalue weighted by molar-refractivity contribution is 8.00. The minimum absolute atomic E-state index is 0.0742. The van der Waals surface area contributed by atoms with E-state index in [1.807, 2.05) is 13.0 Å². The van der Waals surface area contributed by atoms with Crippen molar-refractivity contribution in [3.05, 3.63) is 18.5 Å². The Kier molecular flexibility index (Phi) is 3.66. The van der Waals surface area contributed by atoms with E-state index in [2.05, 4.69) is 21.3 Å². The second-order valence-corrected chi connectivity index (χ2v) is 5.69. The lowest BCUT2D eigenvalue weighted by atomic mass is 10.3. The predicted molar refractivity (Wildman–Crippen MR) is 68.2 cm³/mol. The Bertz CT molecular complexity index is 437. The van der Waals surface area contributed by atoms with Gasteiger partial charge in [-0.1, -0.05) is 17.8 Å². The van der Waals surface area contributed by atoms with Crippen LogP contribution in [0.15, 0.2) is 17.8 Å². The first-order valence-corrected chi connectivity index (χ1v) is 6.72. The highest BCUT2D eigenvalue weighted by Crippen LogP contribution is 2.40. The van der Waals surface area contributed by atoms with Gasteiger partial charge in [-0.2, -0.15) is 0 Å². The van der Waals surface area contributed by atoms with Crippen LogP contribution in [-0.4, -0.2) is 25.8 Å². The van der Waals surface area contributed by atoms with Gasteiger partial charge in [-0.05, 0) is 26.7 Å². The fraction of sp³-hybridized carbons (Fsp3) is 0.583. The monoisotopic (exact) mass is 251 g/mol. The molecule has 5 heteroatoms. The van der Waals surface area contributed by atoms with Crippen LogP contribution in [0.1, 0.15) is 38.4 Å². The molecule has 1 unspecified atom stereocenters. The van der Waals surface area contributed by atoms with Gasteiger partial charge in [0.1, 0.15) is 11.6 Å². The fourth-order valence-corrected chi connectivity index (χ4v) is 2.44. The topological polar surface area (TPSA) is 47.8 Å². The minimum atomic E-state index is -0.0742. The van der Waals surface area contributed by atoms with Crippen molar-refractivity contribution in [1.29, 1.82) is 0 Å². The smallest absolute Gasteiger partial charge is 0.192 e. The van der Waals surface area contributed by atoms with E-state index >= 15 is 0 Å². The molecule has 1 aliphatic carbocycles. The molecule has 0 amide bonds. The number of aromatic nitrogens is 3. The quantitative estimate of drug-likeness (QED) is 0.575. The maximum absolute atomic E-state index is 11.3. The molecule has 0 spiro atoms. The molecule has 0 aromatic carbocycles. The first-order valence-electron chi connectivity index (χ1n) is 5.84. The number of ketones is 1. The van der Waals surface area contributed by atoms with Gasteiger partial charge in [-0.15, -0.1) is 16.8 Å². The summed E-state index contributed by atoms with van der Waals surface area (Å²) in [4.78, 5) is 11.3. The maximum atomic E-state index is 11.3. The number of thioether (sulfide) groups is 1. The molecule has 1 atom stereocenters. The standard InChI is InChI=1S/C12H17N3OS/c1-4-7-15-11(10-5-6-10)13-14-12(15)17-9(3)8(2)16/h4,9-10H,1,5-7H2,2-3H3. The Balaban J connectivity index is 2.20. The molecular weight excluding hydrogens is 234 g/mol. The second-order valence-electron chi connectivity index (χ2n) is 4.39. The molecule has 1 aliphatic rings. The molecule has 0 aliphatic heterocycles. The molecule has 0 saturated heterocycles. The molecule has 1 aromatic heterocycles. The highest BCUT2D eigenvalue weighted by Gasteiger charge is 2.30. The number of Topliss-reactive ketones (excluding diaryl/α,β-unsaturated/α-hetero) is 1. The Morgan fingerprint density at radius 2 is 2.35 bits per heavy atom. The van der Waals surface area contributed by atoms with E-state index in [1.165, 1.54) is 24.6 Å². The van der Waals surface area contributed by atoms with Crippen molar-refractivity contribution < 1.29 is 4.79 Å². The zero-order valence-electron chi connectivity index (χ0n) is 10.2. The normalized spacial score (nSPS) is 16.8. The zero-order chi connectivity index (χ0) is 12.4. The summed E-state index contributed by atoms with van der Waals surface area (Å²) < 4.78 is 2.08. The highest BCUT2D eigenvalue weighted by atomic mass is 32.2. The van der Waals surface area contributed by atoms with Crippen molar-refractivity contribution in [2.75, 3.05) is 0 Å². The Morgan fingerprint density at radius 1 is 1.65 bits per heavy atom. The van der Waals surface area contributed by atoms with E-state index in [-0.39, 0.29) is 11.0 Å². The third kappa shape index (κ3) is 2.77. The van der Waals surface area contributed by atoms with Gasteiger partial charge in [-0.25, -0.2) is 0 Å². The number of carbonyl (C=O) groups excluding carboxylic acids is 1. The van der Waals surface area contributed by atoms with E-state index in [0.717, 1.165) is 11.0 Å². The van der Waals surface area contributed by atoms with Crippen LogP contribution in [0.25, 0.3) is 0 Å². The molecule has 1 saturated carbocycles. The molecule has 0 N–H and O–H groups in total. The van der Waals surface area contributed by atoms with Gasteiger partial charge in [0.15, 0.2) is 5.16 Å². The van der Waals surface area contributed by atoms with Crippen molar-refractivity contribution >= 4 is 17.5 Å². The maximum Gasteiger partial charge on any atom is 0.192 e. The summed E-state index contributed by atoms with van der Waals surface area (Å²) in [5.74, 6) is 1.77. The summed E-state index contributed by atoms with van der Waals surface area (Å²) in [7, 11) is 0. The van der Waals surface area contributed by atoms with E-state index in [9.17, 15) is 4.79 Å². The largest absolute Gasteiger partial charge is 0.302 e. The molecule has 1 fully saturated rings. The molecule has 2 rings (SSSR count). The third-order valence-electron chi connectivity index (χ3n) is 2.85. The third-order valence-corrected chi connectivity index (χ3v) is 4.05. The minimum Gasteiger partial charge on any atom is -0.302 e. The van der Waals surface area contributed by atoms with Crippen molar-refractivity contribution in [3.8, 4) is 0 Å². The van der Waals surface area contributed by atoms with Gasteiger partial charge in [0, 0.05) is 12.5 Å². The number of nitrogens with zero attached hydrogens (tertiary/aromatic N) is 3. The summed E-state index contributed by atoms with van der Waals surface area (Å²) in [5, 5.41) is 9.19. The van der Waals surface area contributed by atoms with E-state index in [0.29, 0.717) is 12.5 Å². The van der Waals surface area contributed by atoms with Crippen molar-refractivity contribution in [2.45, 2.75) is 49.6 Å². The molecule has 17 heavy (non-hydrogen) atoms. The average molecular weight is 251 g/mol. The summed E-state index contributed by atoms with van der Waals surface area (Å²) in [6, 6.07) is 0. The van der Waals surface area contributed by atoms with Crippen LogP contribution < -0.4 is 0 Å². The molecule has 92 valence electrons. The van der Waals surface area contributed by atoms with Crippen LogP contribution in [0.5, 0.6) is 0 Å². The number of carbonyl (C=O) groups is 1. The van der Waals surface area contributed by atoms with E-state index in [1.54, 1.807) is 6.92 Å². The van der Waals surface area contributed by atoms with Crippen LogP contribution in [0.2, 0.25) is 0 Å². The zero-order valence-corrected chi connectivity index (χ0v) is 11.0. The first kappa shape index (κ1) is 12.4. The predicted octanol–water partition coefficient (Wildman–Crippen LogP) is 2.41. The fourth-order valence-electron chi connectivity index (χ4n) is 1.57. The lowest BCUT2D eigenvalue weighted by molar-refractivity contribution is -0.116. The average Bonchev–Trinajstić information content (AvgIpc) is 3.05. The molecule has 0 radical (unpaired) electrons. The summed E-state index contributed by atoms with van der Waals surface area (Å²) >= 11 is 1.48. The lowest BCUT2D eigenvalue weighted by Gasteiger charge is -2.09. The summed E-state index contributed by atoms with van der Waals surface area (Å²) in [6.45, 7) is 7.98. The summed E-state index contributed by atoms with van der Waals surface area (Å²) in [6.07, 6.45) is 4.24. The van der Waals surface area contributed by atoms with Crippen molar-refractivity contribution in [1.82, 2.24) is 14.8 Å². The van der Waals surface area contributed by atoms with Crippen molar-refractivity contribution in [2.24, 2.45) is 0 Å². The molecule has 1 aromatic rings. The van der Waals surface area contributed by atoms with Crippen LogP contribution in [0, 0.1) is 0 Å². The van der Waals surface area contributed by atoms with Crippen LogP contribution >= 0.6 is 11.8 Å². The van der Waals surface area contributed by atoms with Gasteiger partial charge in [0.05, 0.1) is 5.25 Å². The van der Waals surface area contributed by atoms with Crippen molar-refractivity contribution in [3.63, 3.8) is 0 Å². The summed E-state index contributed by atoms with van der Waals surface area (Å²) in [5.41, 5.74) is 0. The van der Waals surface area contributed by atoms with Crippen LogP contribution in [-0.2, 0) is 11.3 Å². The Hall–Kier alpha value is -1.10. The molecule has 0 bridgehead atoms. The number of hydrogen-bond acceptors (Lipinski definition) is 4. The Morgan fingerprint density at radius 3 is 2.88 bits per heavy atom. The number of rotatable bonds is 6. The number of hydrogen-bond donors (Lipinski definition) is 0. The SMILES string of the molecule is C=CCn1c(SC(C)C(C)=O)nnc1C1CC1. The van der Waals surface area contributed by atoms with Gasteiger partial charge >= 0.3 is 0 Å². The van der Waals surface area contributed by atoms with Crippen LogP contribution in [0.3, 0.4) is 0 Å². The van der Waals surface area contributed by atoms with Gasteiger partial charge in [0.25, 0.3) is 0 Å². The van der Waals surface area contributed by atoms with E-state index < -0.39 is 0 Å². The van der Waals surface area contributed by atoms with Crippen LogP contribution in [0.4, 0.5) is 0 Å². The van der Waals surface area contributed by atoms with E-state index in [4.69, 9.17) is 0 Å².